The summed E-state index contributed by atoms with van der Waals surface area (Å²) in [5.74, 6) is 0.0592. The van der Waals surface area contributed by atoms with Gasteiger partial charge in [0.25, 0.3) is 0 Å². The summed E-state index contributed by atoms with van der Waals surface area (Å²) >= 11 is 0. The number of ether oxygens (including phenoxy) is 1. The number of hydrogen-bond acceptors (Lipinski definition) is 3. The molecule has 0 unspecified atom stereocenters. The van der Waals surface area contributed by atoms with Gasteiger partial charge >= 0.3 is 0 Å². The van der Waals surface area contributed by atoms with Crippen molar-refractivity contribution in [2.45, 2.75) is 13.1 Å². The quantitative estimate of drug-likeness (QED) is 0.769. The van der Waals surface area contributed by atoms with Crippen molar-refractivity contribution in [1.29, 1.82) is 0 Å². The molecule has 0 saturated heterocycles. The maximum atomic E-state index is 12.3. The van der Waals surface area contributed by atoms with E-state index >= 15 is 0 Å². The summed E-state index contributed by atoms with van der Waals surface area (Å²) in [6.45, 7) is 2.01. The molecule has 0 aliphatic heterocycles. The topological polar surface area (TPSA) is 47.4 Å². The van der Waals surface area contributed by atoms with Crippen molar-refractivity contribution >= 4 is 5.91 Å². The Balaban J connectivity index is 2.00. The zero-order valence-electron chi connectivity index (χ0n) is 11.6. The number of carbonyl (C=O) groups is 1. The molecule has 106 valence electrons. The number of amides is 1. The number of methoxy groups -OCH3 is 1. The molecule has 5 heteroatoms. The second-order valence-corrected chi connectivity index (χ2v) is 4.53. The first-order valence-electron chi connectivity index (χ1n) is 6.56. The summed E-state index contributed by atoms with van der Waals surface area (Å²) in [6, 6.07) is 9.96. The highest BCUT2D eigenvalue weighted by molar-refractivity contribution is 5.76. The fourth-order valence-electron chi connectivity index (χ4n) is 1.93. The van der Waals surface area contributed by atoms with Gasteiger partial charge in [-0.2, -0.15) is 0 Å². The monoisotopic (exact) mass is 273 g/mol. The number of carbonyl (C=O) groups excluding carboxylic acids is 1. The maximum Gasteiger partial charge on any atom is 0.242 e. The van der Waals surface area contributed by atoms with E-state index in [0.717, 1.165) is 5.56 Å². The number of hydrogen-bond donors (Lipinski definition) is 0. The Morgan fingerprint density at radius 1 is 1.35 bits per heavy atom. The lowest BCUT2D eigenvalue weighted by atomic mass is 10.2. The van der Waals surface area contributed by atoms with E-state index in [-0.39, 0.29) is 5.91 Å². The lowest BCUT2D eigenvalue weighted by Crippen LogP contribution is -2.35. The van der Waals surface area contributed by atoms with E-state index in [2.05, 4.69) is 4.98 Å². The summed E-state index contributed by atoms with van der Waals surface area (Å²) in [5, 5.41) is 0. The molecule has 0 saturated carbocycles. The van der Waals surface area contributed by atoms with Crippen molar-refractivity contribution in [3.8, 4) is 0 Å². The second kappa shape index (κ2) is 7.45. The van der Waals surface area contributed by atoms with Gasteiger partial charge in [-0.15, -0.1) is 0 Å². The van der Waals surface area contributed by atoms with Crippen LogP contribution < -0.4 is 0 Å². The first-order valence-corrected chi connectivity index (χ1v) is 6.56. The molecule has 1 heterocycles. The summed E-state index contributed by atoms with van der Waals surface area (Å²) < 4.78 is 6.85. The van der Waals surface area contributed by atoms with Crippen LogP contribution in [-0.4, -0.2) is 40.6 Å². The van der Waals surface area contributed by atoms with Crippen molar-refractivity contribution in [3.63, 3.8) is 0 Å². The second-order valence-electron chi connectivity index (χ2n) is 4.53. The van der Waals surface area contributed by atoms with Crippen LogP contribution in [0.25, 0.3) is 0 Å². The Labute approximate surface area is 118 Å². The minimum atomic E-state index is 0.0592. The Bertz CT molecular complexity index is 511. The third-order valence-corrected chi connectivity index (χ3v) is 3.01. The minimum absolute atomic E-state index is 0.0592. The van der Waals surface area contributed by atoms with Gasteiger partial charge in [-0.05, 0) is 5.56 Å². The normalized spacial score (nSPS) is 10.4. The van der Waals surface area contributed by atoms with Crippen LogP contribution in [0.1, 0.15) is 5.56 Å². The molecule has 1 aromatic heterocycles. The minimum Gasteiger partial charge on any atom is -0.383 e. The zero-order valence-corrected chi connectivity index (χ0v) is 11.6. The number of aromatic nitrogens is 2. The van der Waals surface area contributed by atoms with Crippen LogP contribution in [-0.2, 0) is 22.6 Å². The first-order chi connectivity index (χ1) is 9.79. The largest absolute Gasteiger partial charge is 0.383 e. The average molecular weight is 273 g/mol. The van der Waals surface area contributed by atoms with E-state index < -0.39 is 0 Å². The molecule has 0 aliphatic carbocycles. The highest BCUT2D eigenvalue weighted by atomic mass is 16.5. The predicted molar refractivity (Wildman–Crippen MR) is 76.0 cm³/mol. The van der Waals surface area contributed by atoms with Gasteiger partial charge < -0.3 is 14.2 Å². The molecular formula is C15H19N3O2. The number of nitrogens with zero attached hydrogens (tertiary/aromatic N) is 3. The van der Waals surface area contributed by atoms with E-state index in [4.69, 9.17) is 4.74 Å². The molecule has 0 atom stereocenters. The Hall–Kier alpha value is -2.14. The van der Waals surface area contributed by atoms with Gasteiger partial charge in [-0.1, -0.05) is 30.3 Å². The Morgan fingerprint density at radius 3 is 2.80 bits per heavy atom. The van der Waals surface area contributed by atoms with Crippen LogP contribution in [0.15, 0.2) is 49.1 Å². The Kier molecular flexibility index (Phi) is 5.32. The summed E-state index contributed by atoms with van der Waals surface area (Å²) in [7, 11) is 1.64. The van der Waals surface area contributed by atoms with Crippen LogP contribution in [0.2, 0.25) is 0 Å². The molecule has 2 aromatic rings. The molecule has 2 rings (SSSR count). The third-order valence-electron chi connectivity index (χ3n) is 3.01. The van der Waals surface area contributed by atoms with E-state index in [1.165, 1.54) is 0 Å². The van der Waals surface area contributed by atoms with Gasteiger partial charge in [-0.3, -0.25) is 4.79 Å². The smallest absolute Gasteiger partial charge is 0.242 e. The first kappa shape index (κ1) is 14.3. The van der Waals surface area contributed by atoms with E-state index in [9.17, 15) is 4.79 Å². The summed E-state index contributed by atoms with van der Waals surface area (Å²) in [5.41, 5.74) is 1.11. The predicted octanol–water partition coefficient (Wildman–Crippen LogP) is 1.56. The van der Waals surface area contributed by atoms with Crippen molar-refractivity contribution < 1.29 is 9.53 Å². The summed E-state index contributed by atoms with van der Waals surface area (Å²) in [4.78, 5) is 18.1. The molecule has 5 nitrogen and oxygen atoms in total. The third kappa shape index (κ3) is 4.20. The van der Waals surface area contributed by atoms with Gasteiger partial charge in [0.15, 0.2) is 0 Å². The van der Waals surface area contributed by atoms with Gasteiger partial charge in [-0.25, -0.2) is 4.98 Å². The summed E-state index contributed by atoms with van der Waals surface area (Å²) in [6.07, 6.45) is 5.10. The number of benzene rings is 1. The van der Waals surface area contributed by atoms with Gasteiger partial charge in [0.05, 0.1) is 12.9 Å². The van der Waals surface area contributed by atoms with Crippen LogP contribution in [0.4, 0.5) is 0 Å². The molecule has 0 spiro atoms. The van der Waals surface area contributed by atoms with Gasteiger partial charge in [0, 0.05) is 32.6 Å². The maximum absolute atomic E-state index is 12.3. The lowest BCUT2D eigenvalue weighted by molar-refractivity contribution is -0.133. The van der Waals surface area contributed by atoms with Crippen LogP contribution in [0.5, 0.6) is 0 Å². The van der Waals surface area contributed by atoms with Crippen molar-refractivity contribution in [2.24, 2.45) is 0 Å². The SMILES string of the molecule is COCCN(Cc1ccccc1)C(=O)Cn1ccnc1. The lowest BCUT2D eigenvalue weighted by Gasteiger charge is -2.22. The van der Waals surface area contributed by atoms with E-state index in [1.807, 2.05) is 30.3 Å². The molecule has 0 radical (unpaired) electrons. The highest BCUT2D eigenvalue weighted by Gasteiger charge is 2.14. The number of imidazole rings is 1. The van der Waals surface area contributed by atoms with Gasteiger partial charge in [0.2, 0.25) is 5.91 Å². The van der Waals surface area contributed by atoms with Crippen LogP contribution in [0, 0.1) is 0 Å². The Morgan fingerprint density at radius 2 is 2.15 bits per heavy atom. The average Bonchev–Trinajstić information content (AvgIpc) is 2.97. The molecule has 0 N–H and O–H groups in total. The molecule has 0 bridgehead atoms. The number of rotatable bonds is 7. The van der Waals surface area contributed by atoms with Crippen LogP contribution >= 0.6 is 0 Å². The molecule has 1 amide bonds. The molecule has 0 aliphatic rings. The molecule has 0 fully saturated rings. The van der Waals surface area contributed by atoms with Crippen LogP contribution in [0.3, 0.4) is 0 Å². The van der Waals surface area contributed by atoms with E-state index in [1.54, 1.807) is 35.3 Å². The molecule has 1 aromatic carbocycles. The highest BCUT2D eigenvalue weighted by Crippen LogP contribution is 2.05. The standard InChI is InChI=1S/C15H19N3O2/c1-20-10-9-18(11-14-5-3-2-4-6-14)15(19)12-17-8-7-16-13-17/h2-8,13H,9-12H2,1H3. The van der Waals surface area contributed by atoms with Crippen molar-refractivity contribution in [1.82, 2.24) is 14.5 Å². The van der Waals surface area contributed by atoms with Gasteiger partial charge in [0.1, 0.15) is 6.54 Å². The van der Waals surface area contributed by atoms with Crippen molar-refractivity contribution in [2.75, 3.05) is 20.3 Å². The fraction of sp³-hybridized carbons (Fsp3) is 0.333. The zero-order chi connectivity index (χ0) is 14.2. The molecular weight excluding hydrogens is 254 g/mol. The fourth-order valence-corrected chi connectivity index (χ4v) is 1.93. The van der Waals surface area contributed by atoms with Crippen molar-refractivity contribution in [3.05, 3.63) is 54.6 Å². The molecule has 20 heavy (non-hydrogen) atoms. The van der Waals surface area contributed by atoms with E-state index in [0.29, 0.717) is 26.2 Å².